The lowest BCUT2D eigenvalue weighted by Crippen LogP contribution is -2.32. The molecule has 1 aromatic rings. The minimum absolute atomic E-state index is 0.0173. The van der Waals surface area contributed by atoms with Crippen LogP contribution in [0.25, 0.3) is 0 Å². The summed E-state index contributed by atoms with van der Waals surface area (Å²) in [6, 6.07) is 2.25. The van der Waals surface area contributed by atoms with E-state index in [9.17, 15) is 13.6 Å². The van der Waals surface area contributed by atoms with Crippen LogP contribution in [0, 0.1) is 23.7 Å². The second kappa shape index (κ2) is 6.85. The van der Waals surface area contributed by atoms with Crippen molar-refractivity contribution in [3.63, 3.8) is 0 Å². The zero-order valence-electron chi connectivity index (χ0n) is 11.6. The Hall–Kier alpha value is -2.16. The standard InChI is InChI=1S/C14H16F2N2O2/c1-14(2,3)20-13(19)17-9-5-4-6-10-7-8-11(15)18-12(10)16/h7-8H,5,9H2,1-3H3,(H,17,19). The van der Waals surface area contributed by atoms with Crippen LogP contribution in [0.3, 0.4) is 0 Å². The Morgan fingerprint density at radius 3 is 2.70 bits per heavy atom. The summed E-state index contributed by atoms with van der Waals surface area (Å²) in [4.78, 5) is 14.3. The average molecular weight is 282 g/mol. The Labute approximate surface area is 116 Å². The Kier molecular flexibility index (Phi) is 5.44. The van der Waals surface area contributed by atoms with E-state index < -0.39 is 23.6 Å². The summed E-state index contributed by atoms with van der Waals surface area (Å²) in [6.45, 7) is 5.56. The first kappa shape index (κ1) is 15.9. The minimum atomic E-state index is -0.947. The summed E-state index contributed by atoms with van der Waals surface area (Å²) in [7, 11) is 0. The Bertz CT molecular complexity index is 542. The molecule has 1 rings (SSSR count). The topological polar surface area (TPSA) is 51.2 Å². The maximum absolute atomic E-state index is 13.1. The summed E-state index contributed by atoms with van der Waals surface area (Å²) in [5.41, 5.74) is -0.540. The Morgan fingerprint density at radius 2 is 2.10 bits per heavy atom. The van der Waals surface area contributed by atoms with E-state index in [1.54, 1.807) is 20.8 Å². The van der Waals surface area contributed by atoms with Crippen molar-refractivity contribution >= 4 is 6.09 Å². The lowest BCUT2D eigenvalue weighted by molar-refractivity contribution is 0.0529. The van der Waals surface area contributed by atoms with Crippen molar-refractivity contribution in [2.45, 2.75) is 32.8 Å². The van der Waals surface area contributed by atoms with Crippen LogP contribution in [0.5, 0.6) is 0 Å². The van der Waals surface area contributed by atoms with E-state index in [1.807, 2.05) is 0 Å². The zero-order chi connectivity index (χ0) is 15.2. The van der Waals surface area contributed by atoms with Gasteiger partial charge in [-0.05, 0) is 32.9 Å². The van der Waals surface area contributed by atoms with Gasteiger partial charge in [-0.2, -0.15) is 13.8 Å². The lowest BCUT2D eigenvalue weighted by atomic mass is 10.2. The molecular weight excluding hydrogens is 266 g/mol. The molecule has 0 aliphatic heterocycles. The zero-order valence-corrected chi connectivity index (χ0v) is 11.6. The van der Waals surface area contributed by atoms with E-state index in [2.05, 4.69) is 22.1 Å². The highest BCUT2D eigenvalue weighted by Gasteiger charge is 2.15. The van der Waals surface area contributed by atoms with Crippen molar-refractivity contribution in [1.29, 1.82) is 0 Å². The first-order valence-corrected chi connectivity index (χ1v) is 6.06. The largest absolute Gasteiger partial charge is 0.444 e. The molecule has 0 aliphatic rings. The fraction of sp³-hybridized carbons (Fsp3) is 0.429. The number of ether oxygens (including phenoxy) is 1. The molecule has 0 radical (unpaired) electrons. The van der Waals surface area contributed by atoms with Crippen LogP contribution in [-0.2, 0) is 4.74 Å². The van der Waals surface area contributed by atoms with Crippen LogP contribution >= 0.6 is 0 Å². The van der Waals surface area contributed by atoms with Gasteiger partial charge in [-0.25, -0.2) is 4.79 Å². The molecule has 0 bridgehead atoms. The van der Waals surface area contributed by atoms with Gasteiger partial charge in [0.1, 0.15) is 5.60 Å². The first-order chi connectivity index (χ1) is 9.28. The van der Waals surface area contributed by atoms with Crippen LogP contribution in [0.15, 0.2) is 12.1 Å². The number of nitrogens with one attached hydrogen (secondary N) is 1. The molecule has 108 valence electrons. The molecule has 0 unspecified atom stereocenters. The molecular formula is C14H16F2N2O2. The molecule has 0 atom stereocenters. The second-order valence-electron chi connectivity index (χ2n) is 4.95. The number of halogens is 2. The SMILES string of the molecule is CC(C)(C)OC(=O)NCCC#Cc1ccc(F)nc1F. The summed E-state index contributed by atoms with van der Waals surface area (Å²) in [6.07, 6.45) is -0.218. The van der Waals surface area contributed by atoms with Gasteiger partial charge in [-0.3, -0.25) is 0 Å². The van der Waals surface area contributed by atoms with Gasteiger partial charge in [0.2, 0.25) is 11.9 Å². The number of nitrogens with zero attached hydrogens (tertiary/aromatic N) is 1. The predicted octanol–water partition coefficient (Wildman–Crippen LogP) is 2.63. The summed E-state index contributed by atoms with van der Waals surface area (Å²) in [5, 5.41) is 2.52. The highest BCUT2D eigenvalue weighted by atomic mass is 19.1. The molecule has 20 heavy (non-hydrogen) atoms. The number of aromatic nitrogens is 1. The van der Waals surface area contributed by atoms with E-state index in [4.69, 9.17) is 4.74 Å². The maximum Gasteiger partial charge on any atom is 0.407 e. The quantitative estimate of drug-likeness (QED) is 0.515. The second-order valence-corrected chi connectivity index (χ2v) is 4.95. The number of rotatable bonds is 2. The van der Waals surface area contributed by atoms with Gasteiger partial charge in [0.25, 0.3) is 0 Å². The van der Waals surface area contributed by atoms with E-state index in [1.165, 1.54) is 6.07 Å². The number of carbonyl (C=O) groups is 1. The number of hydrogen-bond acceptors (Lipinski definition) is 3. The van der Waals surface area contributed by atoms with E-state index >= 15 is 0 Å². The van der Waals surface area contributed by atoms with Gasteiger partial charge >= 0.3 is 6.09 Å². The van der Waals surface area contributed by atoms with Crippen molar-refractivity contribution in [3.05, 3.63) is 29.6 Å². The van der Waals surface area contributed by atoms with Crippen LogP contribution in [0.4, 0.5) is 13.6 Å². The van der Waals surface area contributed by atoms with E-state index in [0.29, 0.717) is 6.42 Å². The molecule has 6 heteroatoms. The van der Waals surface area contributed by atoms with Crippen LogP contribution in [0.2, 0.25) is 0 Å². The van der Waals surface area contributed by atoms with Crippen molar-refractivity contribution in [2.24, 2.45) is 0 Å². The number of carbonyl (C=O) groups excluding carboxylic acids is 1. The first-order valence-electron chi connectivity index (χ1n) is 6.06. The van der Waals surface area contributed by atoms with E-state index in [0.717, 1.165) is 6.07 Å². The van der Waals surface area contributed by atoms with Gasteiger partial charge in [0.15, 0.2) is 0 Å². The van der Waals surface area contributed by atoms with Crippen molar-refractivity contribution < 1.29 is 18.3 Å². The lowest BCUT2D eigenvalue weighted by Gasteiger charge is -2.19. The van der Waals surface area contributed by atoms with Gasteiger partial charge < -0.3 is 10.1 Å². The predicted molar refractivity (Wildman–Crippen MR) is 69.9 cm³/mol. The highest BCUT2D eigenvalue weighted by Crippen LogP contribution is 2.06. The number of hydrogen-bond donors (Lipinski definition) is 1. The van der Waals surface area contributed by atoms with Crippen LogP contribution in [-0.4, -0.2) is 23.2 Å². The van der Waals surface area contributed by atoms with E-state index in [-0.39, 0.29) is 12.1 Å². The number of alkyl carbamates (subject to hydrolysis) is 1. The fourth-order valence-electron chi connectivity index (χ4n) is 1.20. The molecule has 0 saturated heterocycles. The maximum atomic E-state index is 13.1. The normalized spacial score (nSPS) is 10.4. The molecule has 4 nitrogen and oxygen atoms in total. The molecule has 0 aliphatic carbocycles. The van der Waals surface area contributed by atoms with Crippen molar-refractivity contribution in [3.8, 4) is 11.8 Å². The van der Waals surface area contributed by atoms with Crippen LogP contribution < -0.4 is 5.32 Å². The van der Waals surface area contributed by atoms with Gasteiger partial charge in [0, 0.05) is 13.0 Å². The number of pyridine rings is 1. The fourth-order valence-corrected chi connectivity index (χ4v) is 1.20. The monoisotopic (exact) mass is 282 g/mol. The van der Waals surface area contributed by atoms with Gasteiger partial charge in [-0.1, -0.05) is 11.8 Å². The van der Waals surface area contributed by atoms with Crippen molar-refractivity contribution in [1.82, 2.24) is 10.3 Å². The molecule has 0 saturated carbocycles. The minimum Gasteiger partial charge on any atom is -0.444 e. The molecule has 1 N–H and O–H groups in total. The summed E-state index contributed by atoms with van der Waals surface area (Å²) >= 11 is 0. The van der Waals surface area contributed by atoms with Crippen molar-refractivity contribution in [2.75, 3.05) is 6.54 Å². The Morgan fingerprint density at radius 1 is 1.40 bits per heavy atom. The highest BCUT2D eigenvalue weighted by molar-refractivity contribution is 5.67. The molecule has 1 heterocycles. The smallest absolute Gasteiger partial charge is 0.407 e. The third kappa shape index (κ3) is 6.14. The number of amides is 1. The molecule has 1 aromatic heterocycles. The van der Waals surface area contributed by atoms with Gasteiger partial charge in [0.05, 0.1) is 5.56 Å². The molecule has 1 amide bonds. The molecule has 0 fully saturated rings. The third-order valence-corrected chi connectivity index (χ3v) is 1.96. The van der Waals surface area contributed by atoms with Crippen LogP contribution in [0.1, 0.15) is 32.8 Å². The Balaban J connectivity index is 2.38. The summed E-state index contributed by atoms with van der Waals surface area (Å²) < 4.78 is 30.7. The summed E-state index contributed by atoms with van der Waals surface area (Å²) in [5.74, 6) is 3.34. The molecule has 0 spiro atoms. The van der Waals surface area contributed by atoms with Gasteiger partial charge in [-0.15, -0.1) is 0 Å². The molecule has 0 aromatic carbocycles. The average Bonchev–Trinajstić information content (AvgIpc) is 2.28. The third-order valence-electron chi connectivity index (χ3n) is 1.96.